The lowest BCUT2D eigenvalue weighted by atomic mass is 10.1. The largest absolute Gasteiger partial charge is 0.486 e. The molecule has 6 aromatic carbocycles. The number of nitrogens with zero attached hydrogens (tertiary/aromatic N) is 12. The minimum atomic E-state index is -0.224. The lowest BCUT2D eigenvalue weighted by molar-refractivity contribution is 0.101. The van der Waals surface area contributed by atoms with Crippen LogP contribution in [0.1, 0.15) is 56.9 Å². The summed E-state index contributed by atoms with van der Waals surface area (Å²) in [7, 11) is 5.35. The maximum absolute atomic E-state index is 12.3. The fourth-order valence-electron chi connectivity index (χ4n) is 6.62. The molecule has 0 bridgehead atoms. The highest BCUT2D eigenvalue weighted by molar-refractivity contribution is 6.34. The van der Waals surface area contributed by atoms with Crippen molar-refractivity contribution < 1.29 is 14.3 Å². The van der Waals surface area contributed by atoms with Crippen LogP contribution in [-0.4, -0.2) is 72.4 Å². The van der Waals surface area contributed by atoms with E-state index in [0.717, 1.165) is 51.5 Å². The van der Waals surface area contributed by atoms with Crippen molar-refractivity contribution in [2.75, 3.05) is 10.6 Å². The molecule has 338 valence electrons. The van der Waals surface area contributed by atoms with Crippen molar-refractivity contribution in [1.82, 2.24) is 60.6 Å². The molecule has 1 unspecified atom stereocenters. The molecule has 0 saturated heterocycles. The molecule has 9 aromatic rings. The molecule has 17 nitrogen and oxygen atoms in total. The number of ether oxygens (including phenoxy) is 1. The third-order valence-corrected chi connectivity index (χ3v) is 10.6. The van der Waals surface area contributed by atoms with Gasteiger partial charge in [-0.05, 0) is 135 Å². The summed E-state index contributed by atoms with van der Waals surface area (Å²) in [6.45, 7) is 6.07. The maximum atomic E-state index is 12.3. The molecule has 0 aliphatic rings. The molecule has 0 spiro atoms. The Hall–Kier alpha value is -8.44. The van der Waals surface area contributed by atoms with Gasteiger partial charge in [0.25, 0.3) is 11.8 Å². The summed E-state index contributed by atoms with van der Waals surface area (Å²) in [4.78, 5) is 24.5. The quantitative estimate of drug-likeness (QED) is 0.125. The molecule has 3 aromatic heterocycles. The lowest BCUT2D eigenvalue weighted by Crippen LogP contribution is -2.12. The summed E-state index contributed by atoms with van der Waals surface area (Å²) in [5, 5.41) is 40.3. The van der Waals surface area contributed by atoms with Gasteiger partial charge in [0.15, 0.2) is 17.5 Å². The Morgan fingerprint density at radius 2 is 1.01 bits per heavy atom. The summed E-state index contributed by atoms with van der Waals surface area (Å²) in [6.07, 6.45) is 0.974. The van der Waals surface area contributed by atoms with Crippen molar-refractivity contribution in [2.24, 2.45) is 21.1 Å². The number of benzene rings is 6. The van der Waals surface area contributed by atoms with Gasteiger partial charge in [0, 0.05) is 54.6 Å². The molecule has 2 amide bonds. The van der Waals surface area contributed by atoms with E-state index in [9.17, 15) is 9.59 Å². The second-order valence-corrected chi connectivity index (χ2v) is 15.6. The minimum Gasteiger partial charge on any atom is -0.486 e. The van der Waals surface area contributed by atoms with Gasteiger partial charge in [0.05, 0.1) is 10.7 Å². The molecular weight excluding hydrogens is 868 g/mol. The van der Waals surface area contributed by atoms with E-state index in [1.54, 1.807) is 76.7 Å². The number of amides is 2. The second-order valence-electron chi connectivity index (χ2n) is 15.2. The SMILES string of the molecule is CCC(Oc1ccc(-c2nnnn2C)cc1)c1ccccc1.Cc1ccc(NC(=O)c2ccc(-c3nnnn3C)cc2)c(Cl)c1.Cc1ccc(NC(=O)c2ccc(-c3nnnn3C)cc2)cc1. The van der Waals surface area contributed by atoms with Gasteiger partial charge in [-0.3, -0.25) is 9.59 Å². The van der Waals surface area contributed by atoms with Crippen LogP contribution in [0.15, 0.2) is 146 Å². The fourth-order valence-corrected chi connectivity index (χ4v) is 6.90. The number of anilines is 2. The van der Waals surface area contributed by atoms with E-state index >= 15 is 0 Å². The van der Waals surface area contributed by atoms with Crippen LogP contribution in [0.25, 0.3) is 34.2 Å². The van der Waals surface area contributed by atoms with Crippen LogP contribution < -0.4 is 15.4 Å². The van der Waals surface area contributed by atoms with Gasteiger partial charge in [-0.1, -0.05) is 96.9 Å². The zero-order valence-corrected chi connectivity index (χ0v) is 38.4. The van der Waals surface area contributed by atoms with Crippen LogP contribution in [0.3, 0.4) is 0 Å². The van der Waals surface area contributed by atoms with E-state index in [1.807, 2.05) is 106 Å². The molecule has 2 N–H and O–H groups in total. The van der Waals surface area contributed by atoms with Crippen LogP contribution in [-0.2, 0) is 21.1 Å². The molecule has 0 fully saturated rings. The van der Waals surface area contributed by atoms with Gasteiger partial charge >= 0.3 is 0 Å². The third kappa shape index (κ3) is 12.2. The lowest BCUT2D eigenvalue weighted by Gasteiger charge is -2.18. The van der Waals surface area contributed by atoms with E-state index in [-0.39, 0.29) is 17.9 Å². The highest BCUT2D eigenvalue weighted by Crippen LogP contribution is 2.27. The Balaban J connectivity index is 0.000000149. The smallest absolute Gasteiger partial charge is 0.255 e. The number of hydrogen-bond acceptors (Lipinski definition) is 12. The Morgan fingerprint density at radius 3 is 1.45 bits per heavy atom. The van der Waals surface area contributed by atoms with E-state index in [2.05, 4.69) is 76.3 Å². The molecule has 18 heteroatoms. The molecular formula is C49H47ClN14O3. The fraction of sp³-hybridized carbons (Fsp3) is 0.163. The Bertz CT molecular complexity index is 3030. The number of carbonyl (C=O) groups is 2. The number of rotatable bonds is 11. The molecule has 0 saturated carbocycles. The number of aryl methyl sites for hydroxylation is 5. The van der Waals surface area contributed by atoms with Crippen molar-refractivity contribution in [1.29, 1.82) is 0 Å². The van der Waals surface area contributed by atoms with Crippen LogP contribution in [0.4, 0.5) is 11.4 Å². The number of hydrogen-bond donors (Lipinski definition) is 2. The van der Waals surface area contributed by atoms with Gasteiger partial charge in [0.2, 0.25) is 0 Å². The van der Waals surface area contributed by atoms with E-state index in [4.69, 9.17) is 16.3 Å². The predicted octanol–water partition coefficient (Wildman–Crippen LogP) is 8.94. The number of halogens is 1. The number of tetrazole rings is 3. The Morgan fingerprint density at radius 1 is 0.567 bits per heavy atom. The van der Waals surface area contributed by atoms with Gasteiger partial charge in [-0.25, -0.2) is 14.0 Å². The minimum absolute atomic E-state index is 0.0588. The van der Waals surface area contributed by atoms with Crippen LogP contribution in [0, 0.1) is 13.8 Å². The van der Waals surface area contributed by atoms with Gasteiger partial charge in [-0.15, -0.1) is 15.3 Å². The van der Waals surface area contributed by atoms with Crippen LogP contribution >= 0.6 is 11.6 Å². The topological polar surface area (TPSA) is 198 Å². The second kappa shape index (κ2) is 22.0. The number of carbonyl (C=O) groups excluding carboxylic acids is 2. The van der Waals surface area contributed by atoms with E-state index in [1.165, 1.54) is 5.56 Å². The molecule has 9 rings (SSSR count). The molecule has 3 heterocycles. The summed E-state index contributed by atoms with van der Waals surface area (Å²) < 4.78 is 10.9. The normalized spacial score (nSPS) is 11.0. The number of aromatic nitrogens is 12. The molecule has 67 heavy (non-hydrogen) atoms. The van der Waals surface area contributed by atoms with Crippen molar-refractivity contribution in [2.45, 2.75) is 33.3 Å². The first kappa shape index (κ1) is 46.5. The van der Waals surface area contributed by atoms with Crippen LogP contribution in [0.5, 0.6) is 5.75 Å². The van der Waals surface area contributed by atoms with Crippen molar-refractivity contribution in [3.8, 4) is 39.9 Å². The average molecular weight is 915 g/mol. The molecule has 0 aliphatic heterocycles. The molecule has 0 radical (unpaired) electrons. The Labute approximate surface area is 391 Å². The predicted molar refractivity (Wildman–Crippen MR) is 256 cm³/mol. The van der Waals surface area contributed by atoms with Crippen molar-refractivity contribution in [3.63, 3.8) is 0 Å². The first-order valence-corrected chi connectivity index (χ1v) is 21.5. The van der Waals surface area contributed by atoms with Gasteiger partial charge in [0.1, 0.15) is 11.9 Å². The summed E-state index contributed by atoms with van der Waals surface area (Å²) in [5.74, 6) is 2.50. The van der Waals surface area contributed by atoms with E-state index < -0.39 is 0 Å². The molecule has 1 atom stereocenters. The standard InChI is InChI=1S/C17H18N4O.C16H14ClN5O.C16H15N5O/c1-3-16(13-7-5-4-6-8-13)22-15-11-9-14(10-12-15)17-18-19-20-21(17)2;1-10-3-8-14(13(17)9-10)18-16(23)12-6-4-11(5-7-12)15-19-20-21-22(15)2;1-11-3-9-14(10-4-11)17-16(22)13-7-5-12(6-8-13)15-18-19-20-21(15)2/h4-12,16H,3H2,1-2H3;3-9H,1-2H3,(H,18,23);3-10H,1-2H3,(H,17,22). The number of nitrogens with one attached hydrogen (secondary N) is 2. The highest BCUT2D eigenvalue weighted by atomic mass is 35.5. The zero-order valence-electron chi connectivity index (χ0n) is 37.6. The zero-order chi connectivity index (χ0) is 47.3. The van der Waals surface area contributed by atoms with Crippen LogP contribution in [0.2, 0.25) is 5.02 Å². The first-order chi connectivity index (χ1) is 32.4. The highest BCUT2D eigenvalue weighted by Gasteiger charge is 2.14. The Kier molecular flexibility index (Phi) is 15.3. The van der Waals surface area contributed by atoms with E-state index in [0.29, 0.717) is 33.5 Å². The van der Waals surface area contributed by atoms with Gasteiger partial charge < -0.3 is 15.4 Å². The summed E-state index contributed by atoms with van der Waals surface area (Å²) in [5.41, 5.74) is 8.51. The summed E-state index contributed by atoms with van der Waals surface area (Å²) in [6, 6.07) is 45.5. The average Bonchev–Trinajstić information content (AvgIpc) is 4.11. The molecule has 0 aliphatic carbocycles. The van der Waals surface area contributed by atoms with Crippen molar-refractivity contribution in [3.05, 3.63) is 178 Å². The van der Waals surface area contributed by atoms with Crippen molar-refractivity contribution >= 4 is 34.8 Å². The van der Waals surface area contributed by atoms with Gasteiger partial charge in [-0.2, -0.15) is 0 Å². The summed E-state index contributed by atoms with van der Waals surface area (Å²) >= 11 is 6.13. The maximum Gasteiger partial charge on any atom is 0.255 e. The third-order valence-electron chi connectivity index (χ3n) is 10.3. The first-order valence-electron chi connectivity index (χ1n) is 21.1. The monoisotopic (exact) mass is 914 g/mol.